The number of amides is 1. The Kier molecular flexibility index (Phi) is 2.05. The van der Waals surface area contributed by atoms with Crippen molar-refractivity contribution >= 4 is 5.91 Å². The van der Waals surface area contributed by atoms with E-state index in [9.17, 15) is 4.79 Å². The third-order valence-electron chi connectivity index (χ3n) is 1.42. The number of rotatable bonds is 2. The van der Waals surface area contributed by atoms with Crippen LogP contribution in [0.2, 0.25) is 0 Å². The summed E-state index contributed by atoms with van der Waals surface area (Å²) in [6, 6.07) is 0. The molecule has 1 unspecified atom stereocenters. The normalized spacial score (nSPS) is 26.3. The summed E-state index contributed by atoms with van der Waals surface area (Å²) in [5.41, 5.74) is 0. The van der Waals surface area contributed by atoms with Crippen LogP contribution in [0.1, 0.15) is 19.8 Å². The summed E-state index contributed by atoms with van der Waals surface area (Å²) in [6.45, 7) is 2.59. The maximum absolute atomic E-state index is 10.6. The minimum Gasteiger partial charge on any atom is -0.340 e. The molecule has 3 heteroatoms. The van der Waals surface area contributed by atoms with Gasteiger partial charge in [-0.25, -0.2) is 0 Å². The van der Waals surface area contributed by atoms with Gasteiger partial charge in [0.05, 0.1) is 12.7 Å². The van der Waals surface area contributed by atoms with Gasteiger partial charge in [0, 0.05) is 0 Å². The summed E-state index contributed by atoms with van der Waals surface area (Å²) < 4.78 is 0. The number of hydrogen-bond acceptors (Lipinski definition) is 2. The molecule has 2 N–H and O–H groups in total. The summed E-state index contributed by atoms with van der Waals surface area (Å²) in [4.78, 5) is 10.6. The maximum Gasteiger partial charge on any atom is 0.235 e. The molecule has 52 valence electrons. The first-order chi connectivity index (χ1) is 4.33. The molecule has 1 rings (SSSR count). The van der Waals surface area contributed by atoms with Crippen LogP contribution in [0, 0.1) is 0 Å². The van der Waals surface area contributed by atoms with E-state index in [-0.39, 0.29) is 12.1 Å². The lowest BCUT2D eigenvalue weighted by Crippen LogP contribution is -2.31. The predicted molar refractivity (Wildman–Crippen MR) is 34.8 cm³/mol. The van der Waals surface area contributed by atoms with Crippen molar-refractivity contribution in [2.24, 2.45) is 0 Å². The lowest BCUT2D eigenvalue weighted by atomic mass is 10.3. The van der Waals surface area contributed by atoms with Crippen LogP contribution in [0.15, 0.2) is 0 Å². The van der Waals surface area contributed by atoms with E-state index in [0.29, 0.717) is 6.54 Å². The van der Waals surface area contributed by atoms with Gasteiger partial charge >= 0.3 is 0 Å². The van der Waals surface area contributed by atoms with E-state index in [0.717, 1.165) is 12.8 Å². The molecular weight excluding hydrogens is 116 g/mol. The highest BCUT2D eigenvalue weighted by Gasteiger charge is 2.17. The van der Waals surface area contributed by atoms with Gasteiger partial charge < -0.3 is 5.32 Å². The van der Waals surface area contributed by atoms with Crippen LogP contribution >= 0.6 is 0 Å². The number of nitrogens with one attached hydrogen (secondary N) is 2. The Morgan fingerprint density at radius 2 is 2.56 bits per heavy atom. The second-order valence-corrected chi connectivity index (χ2v) is 2.29. The fourth-order valence-corrected chi connectivity index (χ4v) is 0.975. The first-order valence-corrected chi connectivity index (χ1v) is 3.35. The lowest BCUT2D eigenvalue weighted by Gasteiger charge is -2.06. The minimum atomic E-state index is 0.119. The SMILES string of the molecule is CCCC1NCC(=O)N1. The molecule has 0 radical (unpaired) electrons. The molecule has 3 nitrogen and oxygen atoms in total. The Labute approximate surface area is 54.8 Å². The number of carbonyl (C=O) groups is 1. The van der Waals surface area contributed by atoms with Crippen molar-refractivity contribution < 1.29 is 4.79 Å². The molecule has 1 atom stereocenters. The first kappa shape index (κ1) is 6.55. The van der Waals surface area contributed by atoms with Gasteiger partial charge in [-0.3, -0.25) is 10.1 Å². The topological polar surface area (TPSA) is 41.1 Å². The molecule has 0 aromatic carbocycles. The van der Waals surface area contributed by atoms with E-state index in [1.54, 1.807) is 0 Å². The Morgan fingerprint density at radius 3 is 3.00 bits per heavy atom. The number of hydrogen-bond donors (Lipinski definition) is 2. The van der Waals surface area contributed by atoms with Crippen molar-refractivity contribution in [3.8, 4) is 0 Å². The van der Waals surface area contributed by atoms with E-state index < -0.39 is 0 Å². The molecular formula is C6H12N2O. The molecule has 0 bridgehead atoms. The van der Waals surface area contributed by atoms with Crippen LogP contribution in [-0.2, 0) is 4.79 Å². The van der Waals surface area contributed by atoms with Crippen LogP contribution in [0.25, 0.3) is 0 Å². The molecule has 0 aromatic heterocycles. The first-order valence-electron chi connectivity index (χ1n) is 3.35. The molecule has 0 aromatic rings. The van der Waals surface area contributed by atoms with E-state index in [1.165, 1.54) is 0 Å². The van der Waals surface area contributed by atoms with Gasteiger partial charge in [0.15, 0.2) is 0 Å². The Morgan fingerprint density at radius 1 is 1.78 bits per heavy atom. The molecule has 0 saturated carbocycles. The highest BCUT2D eigenvalue weighted by Crippen LogP contribution is 1.95. The summed E-state index contributed by atoms with van der Waals surface area (Å²) >= 11 is 0. The van der Waals surface area contributed by atoms with Gasteiger partial charge in [-0.1, -0.05) is 13.3 Å². The fraction of sp³-hybridized carbons (Fsp3) is 0.833. The van der Waals surface area contributed by atoms with Gasteiger partial charge in [0.25, 0.3) is 0 Å². The Bertz CT molecular complexity index is 114. The molecule has 1 heterocycles. The van der Waals surface area contributed by atoms with Crippen LogP contribution in [0.5, 0.6) is 0 Å². The molecule has 1 aliphatic rings. The molecule has 1 amide bonds. The standard InChI is InChI=1S/C6H12N2O/c1-2-3-5-7-4-6(9)8-5/h5,7H,2-4H2,1H3,(H,8,9). The molecule has 0 spiro atoms. The summed E-state index contributed by atoms with van der Waals surface area (Å²) in [5, 5.41) is 5.85. The van der Waals surface area contributed by atoms with Crippen molar-refractivity contribution in [3.05, 3.63) is 0 Å². The van der Waals surface area contributed by atoms with Crippen molar-refractivity contribution in [1.82, 2.24) is 10.6 Å². The van der Waals surface area contributed by atoms with Crippen LogP contribution in [0.4, 0.5) is 0 Å². The Hall–Kier alpha value is -0.570. The molecule has 9 heavy (non-hydrogen) atoms. The van der Waals surface area contributed by atoms with Gasteiger partial charge in [0.2, 0.25) is 5.91 Å². The van der Waals surface area contributed by atoms with E-state index in [4.69, 9.17) is 0 Å². The third-order valence-corrected chi connectivity index (χ3v) is 1.42. The summed E-state index contributed by atoms with van der Waals surface area (Å²) in [7, 11) is 0. The highest BCUT2D eigenvalue weighted by atomic mass is 16.2. The zero-order chi connectivity index (χ0) is 6.69. The van der Waals surface area contributed by atoms with Crippen molar-refractivity contribution in [2.45, 2.75) is 25.9 Å². The van der Waals surface area contributed by atoms with Crippen molar-refractivity contribution in [2.75, 3.05) is 6.54 Å². The lowest BCUT2D eigenvalue weighted by molar-refractivity contribution is -0.118. The van der Waals surface area contributed by atoms with Crippen LogP contribution in [-0.4, -0.2) is 18.6 Å². The molecule has 1 saturated heterocycles. The molecule has 0 aliphatic carbocycles. The average Bonchev–Trinajstić information content (AvgIpc) is 2.17. The van der Waals surface area contributed by atoms with E-state index in [2.05, 4.69) is 17.6 Å². The minimum absolute atomic E-state index is 0.119. The zero-order valence-electron chi connectivity index (χ0n) is 5.61. The zero-order valence-corrected chi connectivity index (χ0v) is 5.61. The molecule has 1 aliphatic heterocycles. The van der Waals surface area contributed by atoms with Crippen LogP contribution < -0.4 is 10.6 Å². The van der Waals surface area contributed by atoms with Gasteiger partial charge in [-0.2, -0.15) is 0 Å². The quantitative estimate of drug-likeness (QED) is 0.542. The monoisotopic (exact) mass is 128 g/mol. The summed E-state index contributed by atoms with van der Waals surface area (Å²) in [5.74, 6) is 0.119. The predicted octanol–water partition coefficient (Wildman–Crippen LogP) is -0.168. The third kappa shape index (κ3) is 1.68. The smallest absolute Gasteiger partial charge is 0.235 e. The largest absolute Gasteiger partial charge is 0.340 e. The summed E-state index contributed by atoms with van der Waals surface area (Å²) in [6.07, 6.45) is 2.38. The van der Waals surface area contributed by atoms with E-state index >= 15 is 0 Å². The maximum atomic E-state index is 10.6. The van der Waals surface area contributed by atoms with Crippen LogP contribution in [0.3, 0.4) is 0 Å². The Balaban J connectivity index is 2.22. The fourth-order valence-electron chi connectivity index (χ4n) is 0.975. The molecule has 1 fully saturated rings. The van der Waals surface area contributed by atoms with Gasteiger partial charge in [0.1, 0.15) is 0 Å². The second kappa shape index (κ2) is 2.82. The van der Waals surface area contributed by atoms with Gasteiger partial charge in [-0.15, -0.1) is 0 Å². The number of carbonyl (C=O) groups excluding carboxylic acids is 1. The van der Waals surface area contributed by atoms with Crippen molar-refractivity contribution in [3.63, 3.8) is 0 Å². The van der Waals surface area contributed by atoms with E-state index in [1.807, 2.05) is 0 Å². The van der Waals surface area contributed by atoms with Gasteiger partial charge in [-0.05, 0) is 6.42 Å². The highest BCUT2D eigenvalue weighted by molar-refractivity contribution is 5.80. The second-order valence-electron chi connectivity index (χ2n) is 2.29. The average molecular weight is 128 g/mol. The van der Waals surface area contributed by atoms with Crippen molar-refractivity contribution in [1.29, 1.82) is 0 Å².